The number of aromatic nitrogens is 1. The molecule has 0 aliphatic carbocycles. The summed E-state index contributed by atoms with van der Waals surface area (Å²) in [7, 11) is 0. The number of carbonyl (C=O) groups is 1. The average Bonchev–Trinajstić information content (AvgIpc) is 2.83. The summed E-state index contributed by atoms with van der Waals surface area (Å²) >= 11 is 3.32. The second kappa shape index (κ2) is 5.87. The molecule has 3 nitrogen and oxygen atoms in total. The van der Waals surface area contributed by atoms with Gasteiger partial charge in [0.2, 0.25) is 0 Å². The lowest BCUT2D eigenvalue weighted by atomic mass is 10.0. The molecule has 1 amide bonds. The van der Waals surface area contributed by atoms with Crippen LogP contribution in [0.3, 0.4) is 0 Å². The number of benzene rings is 1. The molecule has 2 aromatic rings. The maximum atomic E-state index is 12.0. The lowest BCUT2D eigenvalue weighted by molar-refractivity contribution is 0.0931. The maximum absolute atomic E-state index is 12.0. The summed E-state index contributed by atoms with van der Waals surface area (Å²) in [5, 5.41) is 3.02. The SMILES string of the molecule is CCC(NC(=O)c1cc(Br)c[nH]1)c1ccccc1. The molecule has 0 aliphatic heterocycles. The third kappa shape index (κ3) is 3.01. The van der Waals surface area contributed by atoms with Gasteiger partial charge in [0.05, 0.1) is 6.04 Å². The highest BCUT2D eigenvalue weighted by Crippen LogP contribution is 2.17. The van der Waals surface area contributed by atoms with Gasteiger partial charge in [0.25, 0.3) is 5.91 Å². The third-order valence-corrected chi connectivity index (χ3v) is 3.27. The molecular weight excluding hydrogens is 292 g/mol. The molecular formula is C14H15BrN2O. The monoisotopic (exact) mass is 306 g/mol. The lowest BCUT2D eigenvalue weighted by Gasteiger charge is -2.16. The Hall–Kier alpha value is -1.55. The molecule has 0 fully saturated rings. The van der Waals surface area contributed by atoms with E-state index in [1.54, 1.807) is 12.3 Å². The van der Waals surface area contributed by atoms with E-state index >= 15 is 0 Å². The number of nitrogens with one attached hydrogen (secondary N) is 2. The molecule has 1 heterocycles. The Morgan fingerprint density at radius 3 is 2.67 bits per heavy atom. The van der Waals surface area contributed by atoms with E-state index in [-0.39, 0.29) is 11.9 Å². The van der Waals surface area contributed by atoms with Crippen molar-refractivity contribution < 1.29 is 4.79 Å². The molecule has 0 radical (unpaired) electrons. The molecule has 0 spiro atoms. The van der Waals surface area contributed by atoms with Crippen LogP contribution < -0.4 is 5.32 Å². The lowest BCUT2D eigenvalue weighted by Crippen LogP contribution is -2.28. The van der Waals surface area contributed by atoms with Crippen molar-refractivity contribution in [3.8, 4) is 0 Å². The van der Waals surface area contributed by atoms with Crippen molar-refractivity contribution in [2.45, 2.75) is 19.4 Å². The van der Waals surface area contributed by atoms with Gasteiger partial charge in [-0.3, -0.25) is 4.79 Å². The highest BCUT2D eigenvalue weighted by molar-refractivity contribution is 9.10. The summed E-state index contributed by atoms with van der Waals surface area (Å²) in [4.78, 5) is 15.0. The van der Waals surface area contributed by atoms with Gasteiger partial charge >= 0.3 is 0 Å². The number of hydrogen-bond donors (Lipinski definition) is 2. The van der Waals surface area contributed by atoms with Gasteiger partial charge in [0, 0.05) is 10.7 Å². The highest BCUT2D eigenvalue weighted by atomic mass is 79.9. The number of carbonyl (C=O) groups excluding carboxylic acids is 1. The van der Waals surface area contributed by atoms with E-state index < -0.39 is 0 Å². The van der Waals surface area contributed by atoms with Gasteiger partial charge in [-0.15, -0.1) is 0 Å². The van der Waals surface area contributed by atoms with Crippen molar-refractivity contribution in [2.75, 3.05) is 0 Å². The first-order valence-corrected chi connectivity index (χ1v) is 6.69. The van der Waals surface area contributed by atoms with Crippen LogP contribution in [-0.2, 0) is 0 Å². The van der Waals surface area contributed by atoms with Gasteiger partial charge < -0.3 is 10.3 Å². The van der Waals surface area contributed by atoms with Crippen LogP contribution in [0, 0.1) is 0 Å². The smallest absolute Gasteiger partial charge is 0.268 e. The minimum atomic E-state index is -0.0867. The highest BCUT2D eigenvalue weighted by Gasteiger charge is 2.14. The molecule has 2 N–H and O–H groups in total. The van der Waals surface area contributed by atoms with E-state index in [4.69, 9.17) is 0 Å². The molecule has 4 heteroatoms. The summed E-state index contributed by atoms with van der Waals surface area (Å²) in [5.41, 5.74) is 1.69. The molecule has 1 aromatic heterocycles. The van der Waals surface area contributed by atoms with E-state index in [1.807, 2.05) is 30.3 Å². The molecule has 1 unspecified atom stereocenters. The molecule has 94 valence electrons. The van der Waals surface area contributed by atoms with Gasteiger partial charge in [0.1, 0.15) is 5.69 Å². The first kappa shape index (κ1) is 12.9. The van der Waals surface area contributed by atoms with Crippen molar-refractivity contribution >= 4 is 21.8 Å². The first-order chi connectivity index (χ1) is 8.70. The summed E-state index contributed by atoms with van der Waals surface area (Å²) < 4.78 is 0.875. The largest absolute Gasteiger partial charge is 0.356 e. The van der Waals surface area contributed by atoms with Crippen LogP contribution in [0.15, 0.2) is 47.1 Å². The zero-order valence-electron chi connectivity index (χ0n) is 10.1. The molecule has 0 aliphatic rings. The van der Waals surface area contributed by atoms with Crippen molar-refractivity contribution in [3.05, 3.63) is 58.3 Å². The van der Waals surface area contributed by atoms with Crippen LogP contribution in [0.2, 0.25) is 0 Å². The predicted octanol–water partition coefficient (Wildman–Crippen LogP) is 3.66. The Morgan fingerprint density at radius 1 is 1.39 bits per heavy atom. The molecule has 0 bridgehead atoms. The second-order valence-electron chi connectivity index (χ2n) is 4.08. The molecule has 18 heavy (non-hydrogen) atoms. The fourth-order valence-electron chi connectivity index (χ4n) is 1.84. The van der Waals surface area contributed by atoms with Crippen LogP contribution in [0.1, 0.15) is 35.4 Å². The number of aromatic amines is 1. The predicted molar refractivity (Wildman–Crippen MR) is 75.4 cm³/mol. The van der Waals surface area contributed by atoms with E-state index in [0.29, 0.717) is 5.69 Å². The quantitative estimate of drug-likeness (QED) is 0.889. The molecule has 1 aromatic carbocycles. The minimum absolute atomic E-state index is 0.0424. The fraction of sp³-hybridized carbons (Fsp3) is 0.214. The molecule has 0 saturated carbocycles. The summed E-state index contributed by atoms with van der Waals surface area (Å²) in [5.74, 6) is -0.0867. The van der Waals surface area contributed by atoms with Crippen molar-refractivity contribution in [3.63, 3.8) is 0 Å². The Labute approximate surface area is 115 Å². The Balaban J connectivity index is 2.10. The normalized spacial score (nSPS) is 12.1. The third-order valence-electron chi connectivity index (χ3n) is 2.81. The van der Waals surface area contributed by atoms with Gasteiger partial charge in [-0.05, 0) is 34.0 Å². The van der Waals surface area contributed by atoms with E-state index in [0.717, 1.165) is 16.5 Å². The summed E-state index contributed by atoms with van der Waals surface area (Å²) in [6.45, 7) is 2.06. The zero-order valence-corrected chi connectivity index (χ0v) is 11.7. The van der Waals surface area contributed by atoms with Crippen molar-refractivity contribution in [2.24, 2.45) is 0 Å². The van der Waals surface area contributed by atoms with Crippen LogP contribution >= 0.6 is 15.9 Å². The molecule has 1 atom stereocenters. The standard InChI is InChI=1S/C14H15BrN2O/c1-2-12(10-6-4-3-5-7-10)17-14(18)13-8-11(15)9-16-13/h3-9,12,16H,2H2,1H3,(H,17,18). The van der Waals surface area contributed by atoms with Crippen LogP contribution in [0.25, 0.3) is 0 Å². The van der Waals surface area contributed by atoms with Gasteiger partial charge in [-0.1, -0.05) is 37.3 Å². The van der Waals surface area contributed by atoms with Crippen LogP contribution in [-0.4, -0.2) is 10.9 Å². The molecule has 2 rings (SSSR count). The Kier molecular flexibility index (Phi) is 4.20. The van der Waals surface area contributed by atoms with E-state index in [9.17, 15) is 4.79 Å². The number of halogens is 1. The summed E-state index contributed by atoms with van der Waals surface area (Å²) in [6, 6.07) is 11.8. The van der Waals surface area contributed by atoms with E-state index in [2.05, 4.69) is 33.2 Å². The number of hydrogen-bond acceptors (Lipinski definition) is 1. The molecule has 0 saturated heterocycles. The number of H-pyrrole nitrogens is 1. The van der Waals surface area contributed by atoms with Gasteiger partial charge in [0.15, 0.2) is 0 Å². The average molecular weight is 307 g/mol. The first-order valence-electron chi connectivity index (χ1n) is 5.90. The minimum Gasteiger partial charge on any atom is -0.356 e. The fourth-order valence-corrected chi connectivity index (χ4v) is 2.18. The van der Waals surface area contributed by atoms with Crippen LogP contribution in [0.5, 0.6) is 0 Å². The van der Waals surface area contributed by atoms with Gasteiger partial charge in [-0.2, -0.15) is 0 Å². The second-order valence-corrected chi connectivity index (χ2v) is 4.99. The van der Waals surface area contributed by atoms with Crippen molar-refractivity contribution in [1.82, 2.24) is 10.3 Å². The zero-order chi connectivity index (χ0) is 13.0. The topological polar surface area (TPSA) is 44.9 Å². The van der Waals surface area contributed by atoms with Gasteiger partial charge in [-0.25, -0.2) is 0 Å². The summed E-state index contributed by atoms with van der Waals surface area (Å²) in [6.07, 6.45) is 2.61. The van der Waals surface area contributed by atoms with Crippen LogP contribution in [0.4, 0.5) is 0 Å². The maximum Gasteiger partial charge on any atom is 0.268 e. The Morgan fingerprint density at radius 2 is 2.11 bits per heavy atom. The number of amides is 1. The Bertz CT molecular complexity index is 522. The number of rotatable bonds is 4. The van der Waals surface area contributed by atoms with E-state index in [1.165, 1.54) is 0 Å². The van der Waals surface area contributed by atoms with Crippen molar-refractivity contribution in [1.29, 1.82) is 0 Å².